The van der Waals surface area contributed by atoms with Crippen LogP contribution in [0.5, 0.6) is 0 Å². The van der Waals surface area contributed by atoms with E-state index >= 15 is 0 Å². The molecule has 1 aromatic heterocycles. The Hall–Kier alpha value is -1.94. The molecule has 2 fully saturated rings. The van der Waals surface area contributed by atoms with E-state index in [1.54, 1.807) is 0 Å². The zero-order valence-corrected chi connectivity index (χ0v) is 13.3. The summed E-state index contributed by atoms with van der Waals surface area (Å²) >= 11 is 0. The monoisotopic (exact) mass is 309 g/mol. The van der Waals surface area contributed by atoms with Crippen molar-refractivity contribution in [1.82, 2.24) is 15.6 Å². The van der Waals surface area contributed by atoms with Crippen LogP contribution in [-0.4, -0.2) is 24.0 Å². The lowest BCUT2D eigenvalue weighted by Crippen LogP contribution is -2.47. The predicted octanol–water partition coefficient (Wildman–Crippen LogP) is 2.63. The third-order valence-electron chi connectivity index (χ3n) is 5.66. The number of fused-ring (bicyclic) bond motifs is 2. The van der Waals surface area contributed by atoms with Crippen molar-refractivity contribution in [3.05, 3.63) is 42.2 Å². The Morgan fingerprint density at radius 3 is 3.17 bits per heavy atom. The minimum Gasteiger partial charge on any atom is -0.350 e. The molecule has 2 atom stereocenters. The van der Waals surface area contributed by atoms with Crippen LogP contribution in [0.3, 0.4) is 0 Å². The minimum absolute atomic E-state index is 0.192. The van der Waals surface area contributed by atoms with Gasteiger partial charge in [-0.25, -0.2) is 0 Å². The number of aromatic nitrogens is 1. The van der Waals surface area contributed by atoms with Gasteiger partial charge in [0.1, 0.15) is 0 Å². The smallest absolute Gasteiger partial charge is 0.228 e. The third-order valence-corrected chi connectivity index (χ3v) is 5.66. The van der Waals surface area contributed by atoms with Crippen molar-refractivity contribution in [1.29, 1.82) is 0 Å². The molecule has 120 valence electrons. The summed E-state index contributed by atoms with van der Waals surface area (Å²) in [5, 5.41) is 8.91. The number of hydrogen-bond acceptors (Lipinski definition) is 3. The summed E-state index contributed by atoms with van der Waals surface area (Å²) in [6.45, 7) is 2.32. The standard InChI is InChI=1S/C19H23N3O/c23-18(19-9-4-3-6-15(19)11-20-13-19)22-12-17-16-7-2-1-5-14(16)8-10-21-17/h1-2,5,7-8,10,15,20H,3-4,6,9,11-13H2,(H,22,23)/t15-,19+/m0/s1. The van der Waals surface area contributed by atoms with Crippen LogP contribution in [0.25, 0.3) is 10.8 Å². The van der Waals surface area contributed by atoms with Crippen LogP contribution < -0.4 is 10.6 Å². The van der Waals surface area contributed by atoms with E-state index < -0.39 is 0 Å². The molecule has 0 bridgehead atoms. The van der Waals surface area contributed by atoms with Crippen LogP contribution in [0, 0.1) is 11.3 Å². The Morgan fingerprint density at radius 1 is 1.30 bits per heavy atom. The van der Waals surface area contributed by atoms with E-state index in [0.717, 1.165) is 37.0 Å². The highest BCUT2D eigenvalue weighted by Crippen LogP contribution is 2.43. The molecule has 1 aliphatic heterocycles. The molecule has 0 unspecified atom stereocenters. The van der Waals surface area contributed by atoms with Gasteiger partial charge >= 0.3 is 0 Å². The summed E-state index contributed by atoms with van der Waals surface area (Å²) in [5.41, 5.74) is 0.759. The molecule has 1 saturated carbocycles. The average Bonchev–Trinajstić information content (AvgIpc) is 3.05. The molecule has 1 amide bonds. The van der Waals surface area contributed by atoms with Gasteiger partial charge in [0.15, 0.2) is 0 Å². The number of benzene rings is 1. The molecular formula is C19H23N3O. The van der Waals surface area contributed by atoms with Crippen molar-refractivity contribution in [2.75, 3.05) is 13.1 Å². The molecule has 23 heavy (non-hydrogen) atoms. The van der Waals surface area contributed by atoms with Crippen molar-refractivity contribution in [2.45, 2.75) is 32.2 Å². The Balaban J connectivity index is 1.53. The number of hydrogen-bond donors (Lipinski definition) is 2. The highest BCUT2D eigenvalue weighted by molar-refractivity contribution is 5.86. The van der Waals surface area contributed by atoms with E-state index in [2.05, 4.69) is 27.8 Å². The summed E-state index contributed by atoms with van der Waals surface area (Å²) in [6, 6.07) is 10.2. The van der Waals surface area contributed by atoms with Crippen LogP contribution in [0.15, 0.2) is 36.5 Å². The van der Waals surface area contributed by atoms with E-state index in [0.29, 0.717) is 12.5 Å². The molecule has 0 spiro atoms. The molecule has 2 aliphatic rings. The maximum Gasteiger partial charge on any atom is 0.228 e. The molecule has 4 heteroatoms. The zero-order valence-electron chi connectivity index (χ0n) is 13.3. The second-order valence-corrected chi connectivity index (χ2v) is 6.89. The van der Waals surface area contributed by atoms with Gasteiger partial charge in [0, 0.05) is 18.1 Å². The fraction of sp³-hybridized carbons (Fsp3) is 0.474. The van der Waals surface area contributed by atoms with Gasteiger partial charge in [-0.1, -0.05) is 37.1 Å². The number of rotatable bonds is 3. The molecule has 2 aromatic rings. The van der Waals surface area contributed by atoms with Gasteiger partial charge in [-0.2, -0.15) is 0 Å². The molecular weight excluding hydrogens is 286 g/mol. The lowest BCUT2D eigenvalue weighted by Gasteiger charge is -2.37. The maximum absolute atomic E-state index is 12.9. The lowest BCUT2D eigenvalue weighted by atomic mass is 9.67. The molecule has 1 saturated heterocycles. The highest BCUT2D eigenvalue weighted by Gasteiger charge is 2.49. The summed E-state index contributed by atoms with van der Waals surface area (Å²) < 4.78 is 0. The van der Waals surface area contributed by atoms with E-state index in [9.17, 15) is 4.79 Å². The summed E-state index contributed by atoms with van der Waals surface area (Å²) in [6.07, 6.45) is 6.43. The van der Waals surface area contributed by atoms with Gasteiger partial charge in [0.25, 0.3) is 0 Å². The van der Waals surface area contributed by atoms with Crippen LogP contribution in [-0.2, 0) is 11.3 Å². The van der Waals surface area contributed by atoms with E-state index in [1.807, 2.05) is 24.4 Å². The van der Waals surface area contributed by atoms with Crippen LogP contribution >= 0.6 is 0 Å². The Labute approximate surface area is 136 Å². The SMILES string of the molecule is O=C(NCc1nccc2ccccc12)[C@@]12CCCC[C@H]1CNC2. The predicted molar refractivity (Wildman–Crippen MR) is 90.9 cm³/mol. The second-order valence-electron chi connectivity index (χ2n) is 6.89. The molecule has 2 heterocycles. The summed E-state index contributed by atoms with van der Waals surface area (Å²) in [7, 11) is 0. The van der Waals surface area contributed by atoms with Crippen molar-refractivity contribution in [3.63, 3.8) is 0 Å². The quantitative estimate of drug-likeness (QED) is 0.916. The van der Waals surface area contributed by atoms with Gasteiger partial charge in [-0.15, -0.1) is 0 Å². The first-order valence-electron chi connectivity index (χ1n) is 8.61. The number of carbonyl (C=O) groups excluding carboxylic acids is 1. The van der Waals surface area contributed by atoms with Crippen LogP contribution in [0.2, 0.25) is 0 Å². The number of carbonyl (C=O) groups is 1. The fourth-order valence-electron chi connectivity index (χ4n) is 4.35. The van der Waals surface area contributed by atoms with Crippen molar-refractivity contribution in [3.8, 4) is 0 Å². The molecule has 4 rings (SSSR count). The summed E-state index contributed by atoms with van der Waals surface area (Å²) in [4.78, 5) is 17.4. The highest BCUT2D eigenvalue weighted by atomic mass is 16.2. The Bertz CT molecular complexity index is 724. The first-order chi connectivity index (χ1) is 11.3. The van der Waals surface area contributed by atoms with Gasteiger partial charge in [0.05, 0.1) is 17.7 Å². The Kier molecular flexibility index (Phi) is 3.77. The molecule has 1 aromatic carbocycles. The van der Waals surface area contributed by atoms with Crippen molar-refractivity contribution in [2.24, 2.45) is 11.3 Å². The maximum atomic E-state index is 12.9. The number of nitrogens with one attached hydrogen (secondary N) is 2. The lowest BCUT2D eigenvalue weighted by molar-refractivity contribution is -0.134. The van der Waals surface area contributed by atoms with Crippen LogP contribution in [0.1, 0.15) is 31.4 Å². The van der Waals surface area contributed by atoms with Gasteiger partial charge in [-0.05, 0) is 36.8 Å². The number of nitrogens with zero attached hydrogens (tertiary/aromatic N) is 1. The number of amides is 1. The first-order valence-corrected chi connectivity index (χ1v) is 8.61. The normalized spacial score (nSPS) is 26.9. The summed E-state index contributed by atoms with van der Waals surface area (Å²) in [5.74, 6) is 0.707. The largest absolute Gasteiger partial charge is 0.350 e. The van der Waals surface area contributed by atoms with E-state index in [-0.39, 0.29) is 11.3 Å². The topological polar surface area (TPSA) is 54.0 Å². The van der Waals surface area contributed by atoms with Gasteiger partial charge in [0.2, 0.25) is 5.91 Å². The molecule has 0 radical (unpaired) electrons. The fourth-order valence-corrected chi connectivity index (χ4v) is 4.35. The van der Waals surface area contributed by atoms with E-state index in [4.69, 9.17) is 0 Å². The van der Waals surface area contributed by atoms with Crippen LogP contribution in [0.4, 0.5) is 0 Å². The van der Waals surface area contributed by atoms with Crippen molar-refractivity contribution >= 4 is 16.7 Å². The zero-order chi connectivity index (χ0) is 15.7. The minimum atomic E-state index is -0.192. The molecule has 2 N–H and O–H groups in total. The van der Waals surface area contributed by atoms with E-state index in [1.165, 1.54) is 18.2 Å². The molecule has 4 nitrogen and oxygen atoms in total. The molecule has 1 aliphatic carbocycles. The Morgan fingerprint density at radius 2 is 2.22 bits per heavy atom. The first kappa shape index (κ1) is 14.6. The van der Waals surface area contributed by atoms with Gasteiger partial charge in [-0.3, -0.25) is 9.78 Å². The average molecular weight is 309 g/mol. The third kappa shape index (κ3) is 2.51. The van der Waals surface area contributed by atoms with Gasteiger partial charge < -0.3 is 10.6 Å². The van der Waals surface area contributed by atoms with Crippen molar-refractivity contribution < 1.29 is 4.79 Å². The number of pyridine rings is 1. The second kappa shape index (κ2) is 5.93.